The summed E-state index contributed by atoms with van der Waals surface area (Å²) in [5.74, 6) is -0.599. The molecule has 0 aliphatic heterocycles. The first-order chi connectivity index (χ1) is 16.7. The second-order valence-corrected chi connectivity index (χ2v) is 10.5. The number of phenolic OH excluding ortho intramolecular Hbond substituents is 1. The summed E-state index contributed by atoms with van der Waals surface area (Å²) in [6.45, 7) is 6.06. The quantitative estimate of drug-likeness (QED) is 0.273. The van der Waals surface area contributed by atoms with E-state index in [9.17, 15) is 18.1 Å². The van der Waals surface area contributed by atoms with E-state index in [0.29, 0.717) is 11.1 Å². The van der Waals surface area contributed by atoms with E-state index < -0.39 is 20.8 Å². The van der Waals surface area contributed by atoms with Crippen LogP contribution in [0.4, 0.5) is 0 Å². The number of benzene rings is 4. The third-order valence-corrected chi connectivity index (χ3v) is 7.77. The smallest absolute Gasteiger partial charge is 0.298 e. The van der Waals surface area contributed by atoms with Gasteiger partial charge >= 0.3 is 0 Å². The highest BCUT2D eigenvalue weighted by Crippen LogP contribution is 2.39. The molecule has 4 rings (SSSR count). The summed E-state index contributed by atoms with van der Waals surface area (Å²) in [6.07, 6.45) is 0. The maximum Gasteiger partial charge on any atom is 0.298 e. The Kier molecular flexibility index (Phi) is 7.10. The van der Waals surface area contributed by atoms with Crippen molar-refractivity contribution in [2.75, 3.05) is 0 Å². The minimum Gasteiger partial charge on any atom is -0.506 e. The molecule has 4 aromatic carbocycles. The van der Waals surface area contributed by atoms with Crippen molar-refractivity contribution in [2.24, 2.45) is 0 Å². The van der Waals surface area contributed by atoms with Crippen molar-refractivity contribution in [1.82, 2.24) is 0 Å². The summed E-state index contributed by atoms with van der Waals surface area (Å²) in [4.78, 5) is -0.464. The van der Waals surface area contributed by atoms with Gasteiger partial charge in [-0.05, 0) is 33.9 Å². The second-order valence-electron chi connectivity index (χ2n) is 9.09. The van der Waals surface area contributed by atoms with E-state index in [0.717, 1.165) is 11.1 Å². The van der Waals surface area contributed by atoms with Crippen LogP contribution in [0.25, 0.3) is 0 Å². The van der Waals surface area contributed by atoms with E-state index in [1.807, 2.05) is 80.6 Å². The lowest BCUT2D eigenvalue weighted by Crippen LogP contribution is -2.07. The molecule has 180 valence electrons. The number of aromatic hydroxyl groups is 1. The third-order valence-electron chi connectivity index (χ3n) is 6.91. The van der Waals surface area contributed by atoms with Crippen molar-refractivity contribution in [1.29, 1.82) is 0 Å². The average Bonchev–Trinajstić information content (AvgIpc) is 2.88. The summed E-state index contributed by atoms with van der Waals surface area (Å²) in [7, 11) is -4.61. The van der Waals surface area contributed by atoms with E-state index in [2.05, 4.69) is 31.2 Å². The molecular formula is C30H30O4S. The summed E-state index contributed by atoms with van der Waals surface area (Å²) >= 11 is 0. The Morgan fingerprint density at radius 2 is 0.971 bits per heavy atom. The van der Waals surface area contributed by atoms with Gasteiger partial charge in [-0.25, -0.2) is 0 Å². The Labute approximate surface area is 207 Å². The highest BCUT2D eigenvalue weighted by Gasteiger charge is 2.25. The molecule has 0 radical (unpaired) electrons. The molecule has 0 heterocycles. The number of hydrogen-bond donors (Lipinski definition) is 2. The van der Waals surface area contributed by atoms with Gasteiger partial charge in [0.25, 0.3) is 10.1 Å². The molecule has 0 aromatic heterocycles. The van der Waals surface area contributed by atoms with Gasteiger partial charge in [-0.1, -0.05) is 112 Å². The molecule has 0 bridgehead atoms. The topological polar surface area (TPSA) is 74.6 Å². The Hall–Kier alpha value is -3.41. The van der Waals surface area contributed by atoms with Gasteiger partial charge in [-0.3, -0.25) is 4.55 Å². The van der Waals surface area contributed by atoms with Crippen molar-refractivity contribution in [2.45, 2.75) is 43.4 Å². The summed E-state index contributed by atoms with van der Waals surface area (Å²) < 4.78 is 34.1. The largest absolute Gasteiger partial charge is 0.506 e. The molecule has 3 unspecified atom stereocenters. The van der Waals surface area contributed by atoms with Gasteiger partial charge in [-0.2, -0.15) is 8.42 Å². The monoisotopic (exact) mass is 486 g/mol. The fourth-order valence-corrected chi connectivity index (χ4v) is 5.20. The third kappa shape index (κ3) is 5.31. The molecular weight excluding hydrogens is 456 g/mol. The molecule has 0 saturated heterocycles. The molecule has 4 aromatic rings. The zero-order chi connectivity index (χ0) is 25.2. The van der Waals surface area contributed by atoms with E-state index in [1.165, 1.54) is 17.2 Å². The lowest BCUT2D eigenvalue weighted by molar-refractivity contribution is 0.436. The van der Waals surface area contributed by atoms with Crippen molar-refractivity contribution in [3.63, 3.8) is 0 Å². The molecule has 3 atom stereocenters. The van der Waals surface area contributed by atoms with Crippen LogP contribution in [0.15, 0.2) is 102 Å². The van der Waals surface area contributed by atoms with Crippen LogP contribution < -0.4 is 0 Å². The van der Waals surface area contributed by atoms with Crippen LogP contribution in [0.2, 0.25) is 0 Å². The van der Waals surface area contributed by atoms with Gasteiger partial charge in [0, 0.05) is 23.3 Å². The zero-order valence-electron chi connectivity index (χ0n) is 20.1. The van der Waals surface area contributed by atoms with E-state index in [1.54, 1.807) is 0 Å². The molecule has 0 aliphatic rings. The van der Waals surface area contributed by atoms with Crippen LogP contribution in [-0.4, -0.2) is 18.1 Å². The molecule has 35 heavy (non-hydrogen) atoms. The minimum absolute atomic E-state index is 0.127. The SMILES string of the molecule is CC(c1ccccc1)c1ccc(C(C)c2cc(C(C)c3ccccc3)cc(S(=O)(=O)O)c2O)cc1. The molecule has 0 fully saturated rings. The fraction of sp³-hybridized carbons (Fsp3) is 0.200. The van der Waals surface area contributed by atoms with Gasteiger partial charge < -0.3 is 5.11 Å². The summed E-state index contributed by atoms with van der Waals surface area (Å²) in [6, 6.07) is 31.4. The Bertz CT molecular complexity index is 1400. The van der Waals surface area contributed by atoms with Crippen LogP contribution in [-0.2, 0) is 10.1 Å². The standard InChI is InChI=1S/C30H30O4S/c1-20(23-10-6-4-7-11-23)25-14-16-26(17-15-25)22(3)28-18-27(19-29(30(28)31)35(32,33)34)21(2)24-12-8-5-9-13-24/h4-22,31H,1-3H3,(H,32,33,34). The molecule has 0 spiro atoms. The Balaban J connectivity index is 1.73. The first kappa shape index (κ1) is 24.7. The van der Waals surface area contributed by atoms with Gasteiger partial charge in [0.15, 0.2) is 0 Å². The fourth-order valence-electron chi connectivity index (χ4n) is 4.55. The molecule has 5 heteroatoms. The van der Waals surface area contributed by atoms with E-state index in [-0.39, 0.29) is 17.8 Å². The molecule has 0 aliphatic carbocycles. The number of hydrogen-bond acceptors (Lipinski definition) is 3. The van der Waals surface area contributed by atoms with Crippen LogP contribution in [0.3, 0.4) is 0 Å². The second kappa shape index (κ2) is 10.1. The highest BCUT2D eigenvalue weighted by molar-refractivity contribution is 7.86. The van der Waals surface area contributed by atoms with Crippen LogP contribution >= 0.6 is 0 Å². The lowest BCUT2D eigenvalue weighted by atomic mass is 9.85. The van der Waals surface area contributed by atoms with Gasteiger partial charge in [0.2, 0.25) is 0 Å². The summed E-state index contributed by atoms with van der Waals surface area (Å²) in [5, 5.41) is 10.9. The average molecular weight is 487 g/mol. The van der Waals surface area contributed by atoms with Crippen molar-refractivity contribution < 1.29 is 18.1 Å². The normalized spacial score (nSPS) is 14.3. The van der Waals surface area contributed by atoms with E-state index >= 15 is 0 Å². The highest BCUT2D eigenvalue weighted by atomic mass is 32.2. The van der Waals surface area contributed by atoms with E-state index in [4.69, 9.17) is 0 Å². The van der Waals surface area contributed by atoms with Gasteiger partial charge in [0.05, 0.1) is 0 Å². The zero-order valence-corrected chi connectivity index (χ0v) is 20.9. The maximum absolute atomic E-state index is 12.1. The Morgan fingerprint density at radius 1 is 0.571 bits per heavy atom. The molecule has 2 N–H and O–H groups in total. The first-order valence-corrected chi connectivity index (χ1v) is 13.1. The predicted octanol–water partition coefficient (Wildman–Crippen LogP) is 7.09. The van der Waals surface area contributed by atoms with Crippen molar-refractivity contribution >= 4 is 10.1 Å². The number of phenols is 1. The van der Waals surface area contributed by atoms with Crippen molar-refractivity contribution in [3.8, 4) is 5.75 Å². The van der Waals surface area contributed by atoms with Crippen LogP contribution in [0.5, 0.6) is 5.75 Å². The minimum atomic E-state index is -4.61. The lowest BCUT2D eigenvalue weighted by Gasteiger charge is -2.21. The maximum atomic E-state index is 12.1. The molecule has 4 nitrogen and oxygen atoms in total. The molecule has 0 amide bonds. The molecule has 0 saturated carbocycles. The van der Waals surface area contributed by atoms with Gasteiger partial charge in [0.1, 0.15) is 10.6 Å². The number of rotatable bonds is 7. The van der Waals surface area contributed by atoms with Crippen LogP contribution in [0.1, 0.15) is 71.9 Å². The van der Waals surface area contributed by atoms with Crippen LogP contribution in [0, 0.1) is 0 Å². The predicted molar refractivity (Wildman–Crippen MR) is 140 cm³/mol. The van der Waals surface area contributed by atoms with Crippen molar-refractivity contribution in [3.05, 3.63) is 130 Å². The van der Waals surface area contributed by atoms with Gasteiger partial charge in [-0.15, -0.1) is 0 Å². The Morgan fingerprint density at radius 3 is 1.43 bits per heavy atom. The summed E-state index contributed by atoms with van der Waals surface area (Å²) in [5.41, 5.74) is 5.51. The first-order valence-electron chi connectivity index (χ1n) is 11.7.